The van der Waals surface area contributed by atoms with Crippen molar-refractivity contribution in [2.75, 3.05) is 11.6 Å². The van der Waals surface area contributed by atoms with E-state index in [-0.39, 0.29) is 10.8 Å². The molecule has 1 amide bonds. The van der Waals surface area contributed by atoms with Crippen LogP contribution in [0.25, 0.3) is 11.8 Å². The predicted molar refractivity (Wildman–Crippen MR) is 111 cm³/mol. The molecule has 0 saturated carbocycles. The summed E-state index contributed by atoms with van der Waals surface area (Å²) in [6.07, 6.45) is 4.09. The first-order valence-corrected chi connectivity index (χ1v) is 10.6. The number of nitrogens with zero attached hydrogens (tertiary/aromatic N) is 2. The minimum absolute atomic E-state index is 0.191. The summed E-state index contributed by atoms with van der Waals surface area (Å²) in [5.74, 6) is -0.366. The van der Waals surface area contributed by atoms with Gasteiger partial charge in [0.2, 0.25) is 5.91 Å². The molecule has 6 nitrogen and oxygen atoms in total. The lowest BCUT2D eigenvalue weighted by molar-refractivity contribution is -0.111. The van der Waals surface area contributed by atoms with Gasteiger partial charge in [0, 0.05) is 23.6 Å². The van der Waals surface area contributed by atoms with Crippen LogP contribution in [0, 0.1) is 6.92 Å². The normalized spacial score (nSPS) is 11.7. The van der Waals surface area contributed by atoms with Crippen molar-refractivity contribution >= 4 is 39.1 Å². The lowest BCUT2D eigenvalue weighted by Crippen LogP contribution is -2.08. The third-order valence-electron chi connectivity index (χ3n) is 4.00. The topological polar surface area (TPSA) is 81.1 Å². The lowest BCUT2D eigenvalue weighted by Gasteiger charge is -2.03. The van der Waals surface area contributed by atoms with Gasteiger partial charge in [0.05, 0.1) is 16.3 Å². The summed E-state index contributed by atoms with van der Waals surface area (Å²) < 4.78 is 24.6. The van der Waals surface area contributed by atoms with E-state index in [1.54, 1.807) is 10.8 Å². The van der Waals surface area contributed by atoms with Crippen molar-refractivity contribution in [3.8, 4) is 5.69 Å². The highest BCUT2D eigenvalue weighted by Crippen LogP contribution is 2.24. The van der Waals surface area contributed by atoms with E-state index in [1.807, 2.05) is 37.3 Å². The van der Waals surface area contributed by atoms with Crippen LogP contribution in [-0.2, 0) is 14.6 Å². The SMILES string of the molecule is Cc1nn(-c2ccccc2)c(Cl)c1/C=C/C(=O)Nc1ccc(S(C)(=O)=O)cc1. The third kappa shape index (κ3) is 4.49. The van der Waals surface area contributed by atoms with Crippen molar-refractivity contribution < 1.29 is 13.2 Å². The Labute approximate surface area is 168 Å². The van der Waals surface area contributed by atoms with E-state index in [1.165, 1.54) is 30.3 Å². The molecule has 1 aromatic heterocycles. The molecule has 0 unspecified atom stereocenters. The summed E-state index contributed by atoms with van der Waals surface area (Å²) in [4.78, 5) is 12.4. The van der Waals surface area contributed by atoms with Crippen molar-refractivity contribution in [1.29, 1.82) is 0 Å². The van der Waals surface area contributed by atoms with E-state index in [2.05, 4.69) is 10.4 Å². The first-order valence-electron chi connectivity index (χ1n) is 8.35. The maximum atomic E-state index is 12.2. The van der Waals surface area contributed by atoms with Gasteiger partial charge >= 0.3 is 0 Å². The first-order chi connectivity index (χ1) is 13.3. The van der Waals surface area contributed by atoms with Crippen LogP contribution in [0.2, 0.25) is 5.15 Å². The van der Waals surface area contributed by atoms with Crippen LogP contribution in [-0.4, -0.2) is 30.4 Å². The monoisotopic (exact) mass is 415 g/mol. The molecule has 3 aromatic rings. The van der Waals surface area contributed by atoms with Crippen LogP contribution < -0.4 is 5.32 Å². The van der Waals surface area contributed by atoms with Crippen LogP contribution in [0.3, 0.4) is 0 Å². The Morgan fingerprint density at radius 1 is 1.11 bits per heavy atom. The number of carbonyl (C=O) groups is 1. The first kappa shape index (κ1) is 19.9. The lowest BCUT2D eigenvalue weighted by atomic mass is 10.2. The van der Waals surface area contributed by atoms with E-state index in [0.717, 1.165) is 11.9 Å². The number of sulfone groups is 1. The molecule has 0 fully saturated rings. The number of anilines is 1. The molecule has 0 spiro atoms. The smallest absolute Gasteiger partial charge is 0.248 e. The second-order valence-corrected chi connectivity index (χ2v) is 8.53. The number of benzene rings is 2. The Balaban J connectivity index is 1.75. The number of para-hydroxylation sites is 1. The van der Waals surface area contributed by atoms with Crippen LogP contribution in [0.1, 0.15) is 11.3 Å². The molecule has 0 atom stereocenters. The largest absolute Gasteiger partial charge is 0.323 e. The van der Waals surface area contributed by atoms with Crippen molar-refractivity contribution in [2.24, 2.45) is 0 Å². The number of carbonyl (C=O) groups excluding carboxylic acids is 1. The number of aryl methyl sites for hydroxylation is 1. The van der Waals surface area contributed by atoms with Gasteiger partial charge in [0.1, 0.15) is 5.15 Å². The molecular weight excluding hydrogens is 398 g/mol. The van der Waals surface area contributed by atoms with Gasteiger partial charge in [-0.3, -0.25) is 4.79 Å². The summed E-state index contributed by atoms with van der Waals surface area (Å²) in [5.41, 5.74) is 2.65. The number of amides is 1. The van der Waals surface area contributed by atoms with Gasteiger partial charge in [-0.05, 0) is 49.4 Å². The molecular formula is C20H18ClN3O3S. The van der Waals surface area contributed by atoms with E-state index < -0.39 is 9.84 Å². The van der Waals surface area contributed by atoms with Crippen LogP contribution in [0.15, 0.2) is 65.6 Å². The highest BCUT2D eigenvalue weighted by atomic mass is 35.5. The number of halogens is 1. The highest BCUT2D eigenvalue weighted by molar-refractivity contribution is 7.90. The molecule has 28 heavy (non-hydrogen) atoms. The quantitative estimate of drug-likeness (QED) is 0.641. The summed E-state index contributed by atoms with van der Waals surface area (Å²) in [7, 11) is -3.28. The van der Waals surface area contributed by atoms with Gasteiger partial charge in [-0.15, -0.1) is 0 Å². The standard InChI is InChI=1S/C20H18ClN3O3S/c1-14-18(20(21)24(23-14)16-6-4-3-5-7-16)12-13-19(25)22-15-8-10-17(11-9-15)28(2,26)27/h3-13H,1-2H3,(H,22,25)/b13-12+. The Bertz CT molecular complexity index is 1140. The highest BCUT2D eigenvalue weighted by Gasteiger charge is 2.13. The second kappa shape index (κ2) is 8.00. The van der Waals surface area contributed by atoms with Gasteiger partial charge in [-0.2, -0.15) is 5.10 Å². The third-order valence-corrected chi connectivity index (χ3v) is 5.49. The summed E-state index contributed by atoms with van der Waals surface area (Å²) in [5, 5.41) is 7.50. The van der Waals surface area contributed by atoms with E-state index in [9.17, 15) is 13.2 Å². The van der Waals surface area contributed by atoms with Gasteiger partial charge in [-0.1, -0.05) is 29.8 Å². The zero-order valence-corrected chi connectivity index (χ0v) is 16.8. The molecule has 0 aliphatic heterocycles. The van der Waals surface area contributed by atoms with E-state index >= 15 is 0 Å². The molecule has 0 aliphatic carbocycles. The fourth-order valence-electron chi connectivity index (χ4n) is 2.57. The molecule has 1 N–H and O–H groups in total. The molecule has 3 rings (SSSR count). The maximum absolute atomic E-state index is 12.2. The summed E-state index contributed by atoms with van der Waals surface area (Å²) in [6, 6.07) is 15.4. The van der Waals surface area contributed by atoms with Gasteiger partial charge < -0.3 is 5.32 Å². The Morgan fingerprint density at radius 2 is 1.75 bits per heavy atom. The minimum Gasteiger partial charge on any atom is -0.323 e. The maximum Gasteiger partial charge on any atom is 0.248 e. The Hall–Kier alpha value is -2.90. The van der Waals surface area contributed by atoms with Crippen molar-refractivity contribution in [3.63, 3.8) is 0 Å². The van der Waals surface area contributed by atoms with Crippen molar-refractivity contribution in [1.82, 2.24) is 9.78 Å². The number of rotatable bonds is 5. The fourth-order valence-corrected chi connectivity index (χ4v) is 3.53. The molecule has 8 heteroatoms. The zero-order valence-electron chi connectivity index (χ0n) is 15.3. The minimum atomic E-state index is -3.28. The average Bonchev–Trinajstić information content (AvgIpc) is 2.94. The van der Waals surface area contributed by atoms with Crippen molar-refractivity contribution in [2.45, 2.75) is 11.8 Å². The van der Waals surface area contributed by atoms with Gasteiger partial charge in [0.15, 0.2) is 9.84 Å². The number of hydrogen-bond acceptors (Lipinski definition) is 4. The molecule has 0 radical (unpaired) electrons. The second-order valence-electron chi connectivity index (χ2n) is 6.16. The van der Waals surface area contributed by atoms with Crippen LogP contribution in [0.4, 0.5) is 5.69 Å². The number of hydrogen-bond donors (Lipinski definition) is 1. The molecule has 0 aliphatic rings. The van der Waals surface area contributed by atoms with Crippen LogP contribution >= 0.6 is 11.6 Å². The summed E-state index contributed by atoms with van der Waals surface area (Å²) >= 11 is 6.43. The zero-order chi connectivity index (χ0) is 20.3. The number of nitrogens with one attached hydrogen (secondary N) is 1. The Kier molecular flexibility index (Phi) is 5.67. The van der Waals surface area contributed by atoms with E-state index in [4.69, 9.17) is 11.6 Å². The Morgan fingerprint density at radius 3 is 2.36 bits per heavy atom. The average molecular weight is 416 g/mol. The summed E-state index contributed by atoms with van der Waals surface area (Å²) in [6.45, 7) is 1.81. The predicted octanol–water partition coefficient (Wildman–Crippen LogP) is 3.89. The van der Waals surface area contributed by atoms with Gasteiger partial charge in [0.25, 0.3) is 0 Å². The molecule has 144 valence electrons. The van der Waals surface area contributed by atoms with Gasteiger partial charge in [-0.25, -0.2) is 13.1 Å². The van der Waals surface area contributed by atoms with E-state index in [0.29, 0.717) is 22.1 Å². The fraction of sp³-hybridized carbons (Fsp3) is 0.100. The molecule has 0 bridgehead atoms. The molecule has 1 heterocycles. The molecule has 0 saturated heterocycles. The molecule has 2 aromatic carbocycles. The van der Waals surface area contributed by atoms with Crippen LogP contribution in [0.5, 0.6) is 0 Å². The van der Waals surface area contributed by atoms with Crippen molar-refractivity contribution in [3.05, 3.63) is 77.1 Å². The number of aromatic nitrogens is 2.